The van der Waals surface area contributed by atoms with E-state index in [0.717, 1.165) is 28.6 Å². The van der Waals surface area contributed by atoms with Crippen molar-refractivity contribution in [3.05, 3.63) is 52.9 Å². The quantitative estimate of drug-likeness (QED) is 0.902. The Morgan fingerprint density at radius 2 is 2.11 bits per heavy atom. The SMILES string of the molecule is Cc1c(Cl)cccc1N(CCN)Cc1ccco1. The maximum absolute atomic E-state index is 6.16. The highest BCUT2D eigenvalue weighted by molar-refractivity contribution is 6.31. The van der Waals surface area contributed by atoms with Crippen molar-refractivity contribution >= 4 is 17.3 Å². The van der Waals surface area contributed by atoms with Crippen LogP contribution in [0.15, 0.2) is 41.0 Å². The summed E-state index contributed by atoms with van der Waals surface area (Å²) in [4.78, 5) is 2.18. The van der Waals surface area contributed by atoms with Crippen LogP contribution in [0.4, 0.5) is 5.69 Å². The zero-order chi connectivity index (χ0) is 13.0. The predicted molar refractivity (Wildman–Crippen MR) is 75.0 cm³/mol. The van der Waals surface area contributed by atoms with E-state index in [1.165, 1.54) is 0 Å². The molecule has 4 heteroatoms. The second-order valence-corrected chi connectivity index (χ2v) is 4.58. The van der Waals surface area contributed by atoms with Gasteiger partial charge in [-0.2, -0.15) is 0 Å². The van der Waals surface area contributed by atoms with Gasteiger partial charge in [-0.1, -0.05) is 17.7 Å². The fourth-order valence-electron chi connectivity index (χ4n) is 1.97. The topological polar surface area (TPSA) is 42.4 Å². The van der Waals surface area contributed by atoms with Crippen LogP contribution in [0.1, 0.15) is 11.3 Å². The number of halogens is 1. The van der Waals surface area contributed by atoms with Crippen LogP contribution in [0.5, 0.6) is 0 Å². The monoisotopic (exact) mass is 264 g/mol. The van der Waals surface area contributed by atoms with Crippen LogP contribution in [0.3, 0.4) is 0 Å². The molecule has 0 saturated heterocycles. The fourth-order valence-corrected chi connectivity index (χ4v) is 2.14. The molecule has 0 unspecified atom stereocenters. The number of anilines is 1. The molecule has 0 atom stereocenters. The second-order valence-electron chi connectivity index (χ2n) is 4.17. The van der Waals surface area contributed by atoms with Gasteiger partial charge >= 0.3 is 0 Å². The highest BCUT2D eigenvalue weighted by Gasteiger charge is 2.12. The summed E-state index contributed by atoms with van der Waals surface area (Å²) in [5.41, 5.74) is 7.85. The van der Waals surface area contributed by atoms with Gasteiger partial charge in [0, 0.05) is 23.8 Å². The van der Waals surface area contributed by atoms with Gasteiger partial charge in [0.15, 0.2) is 0 Å². The standard InChI is InChI=1S/C14H17ClN2O/c1-11-13(15)5-2-6-14(11)17(8-7-16)10-12-4-3-9-18-12/h2-6,9H,7-8,10,16H2,1H3. The number of benzene rings is 1. The molecule has 96 valence electrons. The Kier molecular flexibility index (Phi) is 4.28. The van der Waals surface area contributed by atoms with Gasteiger partial charge in [0.05, 0.1) is 12.8 Å². The average Bonchev–Trinajstić information content (AvgIpc) is 2.85. The largest absolute Gasteiger partial charge is 0.467 e. The van der Waals surface area contributed by atoms with Crippen LogP contribution >= 0.6 is 11.6 Å². The first kappa shape index (κ1) is 13.0. The summed E-state index contributed by atoms with van der Waals surface area (Å²) in [5.74, 6) is 0.919. The molecule has 0 fully saturated rings. The van der Waals surface area contributed by atoms with E-state index in [1.54, 1.807) is 6.26 Å². The number of hydrogen-bond acceptors (Lipinski definition) is 3. The summed E-state index contributed by atoms with van der Waals surface area (Å²) in [6.07, 6.45) is 1.68. The molecule has 2 rings (SSSR count). The zero-order valence-corrected chi connectivity index (χ0v) is 11.2. The normalized spacial score (nSPS) is 10.6. The van der Waals surface area contributed by atoms with Crippen LogP contribution < -0.4 is 10.6 Å². The van der Waals surface area contributed by atoms with Crippen LogP contribution in [-0.2, 0) is 6.54 Å². The molecule has 0 spiro atoms. The van der Waals surface area contributed by atoms with Crippen LogP contribution in [-0.4, -0.2) is 13.1 Å². The summed E-state index contributed by atoms with van der Waals surface area (Å²) in [6.45, 7) is 4.07. The Balaban J connectivity index is 2.26. The highest BCUT2D eigenvalue weighted by Crippen LogP contribution is 2.27. The maximum Gasteiger partial charge on any atom is 0.123 e. The number of rotatable bonds is 5. The molecule has 0 aliphatic carbocycles. The van der Waals surface area contributed by atoms with Crippen molar-refractivity contribution in [2.45, 2.75) is 13.5 Å². The third kappa shape index (κ3) is 2.86. The van der Waals surface area contributed by atoms with Gasteiger partial charge in [0.2, 0.25) is 0 Å². The van der Waals surface area contributed by atoms with Gasteiger partial charge in [-0.3, -0.25) is 0 Å². The van der Waals surface area contributed by atoms with Crippen molar-refractivity contribution in [1.29, 1.82) is 0 Å². The Hall–Kier alpha value is -1.45. The van der Waals surface area contributed by atoms with Crippen molar-refractivity contribution in [2.24, 2.45) is 5.73 Å². The average molecular weight is 265 g/mol. The van der Waals surface area contributed by atoms with E-state index < -0.39 is 0 Å². The van der Waals surface area contributed by atoms with Crippen molar-refractivity contribution in [2.75, 3.05) is 18.0 Å². The molecule has 2 aromatic rings. The summed E-state index contributed by atoms with van der Waals surface area (Å²) in [7, 11) is 0. The Morgan fingerprint density at radius 3 is 2.78 bits per heavy atom. The Bertz CT molecular complexity index is 497. The number of hydrogen-bond donors (Lipinski definition) is 1. The van der Waals surface area contributed by atoms with Crippen LogP contribution in [0, 0.1) is 6.92 Å². The molecule has 0 aliphatic rings. The van der Waals surface area contributed by atoms with Crippen molar-refractivity contribution in [1.82, 2.24) is 0 Å². The summed E-state index contributed by atoms with van der Waals surface area (Å²) in [6, 6.07) is 9.76. The summed E-state index contributed by atoms with van der Waals surface area (Å²) < 4.78 is 5.39. The third-order valence-corrected chi connectivity index (χ3v) is 3.32. The molecule has 0 aliphatic heterocycles. The molecule has 0 saturated carbocycles. The smallest absolute Gasteiger partial charge is 0.123 e. The molecule has 1 aromatic carbocycles. The lowest BCUT2D eigenvalue weighted by Crippen LogP contribution is -2.29. The zero-order valence-electron chi connectivity index (χ0n) is 10.4. The van der Waals surface area contributed by atoms with Gasteiger partial charge in [0.1, 0.15) is 5.76 Å². The van der Waals surface area contributed by atoms with Crippen molar-refractivity contribution in [3.63, 3.8) is 0 Å². The van der Waals surface area contributed by atoms with E-state index in [1.807, 2.05) is 31.2 Å². The third-order valence-electron chi connectivity index (χ3n) is 2.91. The lowest BCUT2D eigenvalue weighted by Gasteiger charge is -2.25. The lowest BCUT2D eigenvalue weighted by atomic mass is 10.1. The van der Waals surface area contributed by atoms with E-state index in [-0.39, 0.29) is 0 Å². The van der Waals surface area contributed by atoms with E-state index >= 15 is 0 Å². The molecule has 1 heterocycles. The molecule has 18 heavy (non-hydrogen) atoms. The van der Waals surface area contributed by atoms with E-state index in [9.17, 15) is 0 Å². The van der Waals surface area contributed by atoms with Crippen LogP contribution in [0.2, 0.25) is 5.02 Å². The van der Waals surface area contributed by atoms with E-state index in [0.29, 0.717) is 13.1 Å². The molecule has 0 bridgehead atoms. The van der Waals surface area contributed by atoms with Gasteiger partial charge in [0.25, 0.3) is 0 Å². The predicted octanol–water partition coefficient (Wildman–Crippen LogP) is 3.21. The minimum atomic E-state index is 0.590. The highest BCUT2D eigenvalue weighted by atomic mass is 35.5. The van der Waals surface area contributed by atoms with Crippen molar-refractivity contribution in [3.8, 4) is 0 Å². The maximum atomic E-state index is 6.16. The van der Waals surface area contributed by atoms with Gasteiger partial charge in [-0.05, 0) is 36.8 Å². The van der Waals surface area contributed by atoms with E-state index in [4.69, 9.17) is 21.8 Å². The van der Waals surface area contributed by atoms with Gasteiger partial charge < -0.3 is 15.1 Å². The van der Waals surface area contributed by atoms with Crippen molar-refractivity contribution < 1.29 is 4.42 Å². The Labute approximate surface area is 112 Å². The molecular weight excluding hydrogens is 248 g/mol. The Morgan fingerprint density at radius 1 is 1.28 bits per heavy atom. The first-order chi connectivity index (χ1) is 8.72. The van der Waals surface area contributed by atoms with E-state index in [2.05, 4.69) is 11.0 Å². The minimum Gasteiger partial charge on any atom is -0.467 e. The molecule has 0 radical (unpaired) electrons. The number of furan rings is 1. The molecule has 1 aromatic heterocycles. The van der Waals surface area contributed by atoms with Crippen LogP contribution in [0.25, 0.3) is 0 Å². The number of nitrogens with zero attached hydrogens (tertiary/aromatic N) is 1. The molecule has 3 nitrogen and oxygen atoms in total. The second kappa shape index (κ2) is 5.94. The molecule has 2 N–H and O–H groups in total. The molecular formula is C14H17ClN2O. The van der Waals surface area contributed by atoms with Gasteiger partial charge in [-0.15, -0.1) is 0 Å². The lowest BCUT2D eigenvalue weighted by molar-refractivity contribution is 0.502. The summed E-state index contributed by atoms with van der Waals surface area (Å²) in [5, 5.41) is 0.772. The fraction of sp³-hybridized carbons (Fsp3) is 0.286. The summed E-state index contributed by atoms with van der Waals surface area (Å²) >= 11 is 6.16. The molecule has 0 amide bonds. The number of nitrogens with two attached hydrogens (primary N) is 1. The minimum absolute atomic E-state index is 0.590. The first-order valence-electron chi connectivity index (χ1n) is 5.95. The van der Waals surface area contributed by atoms with Gasteiger partial charge in [-0.25, -0.2) is 0 Å². The first-order valence-corrected chi connectivity index (χ1v) is 6.32.